The highest BCUT2D eigenvalue weighted by atomic mass is 16.4. The second kappa shape index (κ2) is 6.77. The number of carboxylic acids is 1. The largest absolute Gasteiger partial charge is 0.480 e. The van der Waals surface area contributed by atoms with Crippen LogP contribution in [0.3, 0.4) is 0 Å². The highest BCUT2D eigenvalue weighted by Gasteiger charge is 2.20. The van der Waals surface area contributed by atoms with Gasteiger partial charge in [0.05, 0.1) is 6.20 Å². The molecule has 2 amide bonds. The van der Waals surface area contributed by atoms with Gasteiger partial charge in [-0.15, -0.1) is 0 Å². The molecule has 0 spiro atoms. The van der Waals surface area contributed by atoms with Crippen LogP contribution in [0.25, 0.3) is 0 Å². The number of amides is 2. The van der Waals surface area contributed by atoms with Crippen LogP contribution in [0.15, 0.2) is 12.4 Å². The molecule has 0 unspecified atom stereocenters. The van der Waals surface area contributed by atoms with Gasteiger partial charge < -0.3 is 15.7 Å². The maximum Gasteiger partial charge on any atom is 0.326 e. The lowest BCUT2D eigenvalue weighted by molar-refractivity contribution is -0.139. The van der Waals surface area contributed by atoms with Crippen LogP contribution < -0.4 is 10.6 Å². The Bertz CT molecular complexity index is 442. The summed E-state index contributed by atoms with van der Waals surface area (Å²) >= 11 is 0. The average Bonchev–Trinajstić information content (AvgIpc) is 2.71. The van der Waals surface area contributed by atoms with E-state index in [0.717, 1.165) is 5.56 Å². The molecule has 19 heavy (non-hydrogen) atoms. The van der Waals surface area contributed by atoms with Crippen LogP contribution >= 0.6 is 0 Å². The number of nitrogens with zero attached hydrogens (tertiary/aromatic N) is 2. The summed E-state index contributed by atoms with van der Waals surface area (Å²) in [6, 6.07) is -1.36. The summed E-state index contributed by atoms with van der Waals surface area (Å²) < 4.78 is 1.63. The van der Waals surface area contributed by atoms with Crippen LogP contribution in [0, 0.1) is 5.92 Å². The first kappa shape index (κ1) is 15.0. The molecule has 0 aliphatic carbocycles. The molecule has 106 valence electrons. The van der Waals surface area contributed by atoms with E-state index >= 15 is 0 Å². The summed E-state index contributed by atoms with van der Waals surface area (Å²) in [7, 11) is 1.78. The number of carboxylic acid groups (broad SMARTS) is 1. The van der Waals surface area contributed by atoms with E-state index < -0.39 is 18.0 Å². The number of hydrogen-bond acceptors (Lipinski definition) is 3. The van der Waals surface area contributed by atoms with Gasteiger partial charge in [-0.1, -0.05) is 13.8 Å². The van der Waals surface area contributed by atoms with Gasteiger partial charge in [0.15, 0.2) is 0 Å². The number of hydrogen-bond donors (Lipinski definition) is 3. The first-order valence-electron chi connectivity index (χ1n) is 6.13. The molecule has 7 heteroatoms. The molecule has 0 radical (unpaired) electrons. The smallest absolute Gasteiger partial charge is 0.326 e. The van der Waals surface area contributed by atoms with Crippen molar-refractivity contribution in [2.75, 3.05) is 0 Å². The first-order chi connectivity index (χ1) is 8.88. The van der Waals surface area contributed by atoms with E-state index in [-0.39, 0.29) is 5.92 Å². The van der Waals surface area contributed by atoms with Crippen molar-refractivity contribution >= 4 is 12.0 Å². The zero-order valence-corrected chi connectivity index (χ0v) is 11.4. The number of nitrogens with one attached hydrogen (secondary N) is 2. The number of carbonyl (C=O) groups excluding carboxylic acids is 1. The SMILES string of the molecule is CC(C)C[C@H](NC(=O)NCc1cnn(C)c1)C(=O)O. The first-order valence-corrected chi connectivity index (χ1v) is 6.13. The molecule has 1 heterocycles. The van der Waals surface area contributed by atoms with Gasteiger partial charge in [-0.25, -0.2) is 9.59 Å². The minimum atomic E-state index is -1.02. The second-order valence-corrected chi connectivity index (χ2v) is 4.87. The Kier molecular flexibility index (Phi) is 5.35. The highest BCUT2D eigenvalue weighted by Crippen LogP contribution is 2.04. The van der Waals surface area contributed by atoms with Crippen molar-refractivity contribution in [1.29, 1.82) is 0 Å². The summed E-state index contributed by atoms with van der Waals surface area (Å²) in [4.78, 5) is 22.6. The predicted octanol–water partition coefficient (Wildman–Crippen LogP) is 0.719. The van der Waals surface area contributed by atoms with Gasteiger partial charge in [0.25, 0.3) is 0 Å². The van der Waals surface area contributed by atoms with Crippen molar-refractivity contribution in [3.05, 3.63) is 18.0 Å². The molecule has 0 aromatic carbocycles. The molecule has 0 fully saturated rings. The third-order valence-corrected chi connectivity index (χ3v) is 2.52. The summed E-state index contributed by atoms with van der Waals surface area (Å²) in [6.07, 6.45) is 3.82. The Hall–Kier alpha value is -2.05. The molecule has 1 aromatic heterocycles. The highest BCUT2D eigenvalue weighted by molar-refractivity contribution is 5.82. The predicted molar refractivity (Wildman–Crippen MR) is 69.5 cm³/mol. The molecule has 0 aliphatic rings. The Labute approximate surface area is 112 Å². The zero-order chi connectivity index (χ0) is 14.4. The molecule has 0 bridgehead atoms. The van der Waals surface area contributed by atoms with E-state index in [9.17, 15) is 9.59 Å². The van der Waals surface area contributed by atoms with E-state index in [1.165, 1.54) is 0 Å². The fraction of sp³-hybridized carbons (Fsp3) is 0.583. The van der Waals surface area contributed by atoms with Crippen LogP contribution in [-0.2, 0) is 18.4 Å². The van der Waals surface area contributed by atoms with Crippen molar-refractivity contribution in [3.63, 3.8) is 0 Å². The average molecular weight is 268 g/mol. The van der Waals surface area contributed by atoms with Gasteiger partial charge in [0.1, 0.15) is 6.04 Å². The van der Waals surface area contributed by atoms with Gasteiger partial charge in [0, 0.05) is 25.4 Å². The summed E-state index contributed by atoms with van der Waals surface area (Å²) in [5.74, 6) is -0.829. The monoisotopic (exact) mass is 268 g/mol. The Balaban J connectivity index is 2.42. The summed E-state index contributed by atoms with van der Waals surface area (Å²) in [5.41, 5.74) is 0.855. The fourth-order valence-corrected chi connectivity index (χ4v) is 1.65. The zero-order valence-electron chi connectivity index (χ0n) is 11.4. The van der Waals surface area contributed by atoms with Crippen LogP contribution in [0.4, 0.5) is 4.79 Å². The molecule has 7 nitrogen and oxygen atoms in total. The van der Waals surface area contributed by atoms with Crippen LogP contribution in [-0.4, -0.2) is 32.9 Å². The number of aromatic nitrogens is 2. The number of aliphatic carboxylic acids is 1. The third kappa shape index (κ3) is 5.41. The van der Waals surface area contributed by atoms with Crippen LogP contribution in [0.1, 0.15) is 25.8 Å². The Morgan fingerprint density at radius 3 is 2.63 bits per heavy atom. The minimum absolute atomic E-state index is 0.194. The van der Waals surface area contributed by atoms with Gasteiger partial charge in [0.2, 0.25) is 0 Å². The van der Waals surface area contributed by atoms with Crippen molar-refractivity contribution in [3.8, 4) is 0 Å². The van der Waals surface area contributed by atoms with E-state index in [1.807, 2.05) is 13.8 Å². The quantitative estimate of drug-likeness (QED) is 0.708. The van der Waals surface area contributed by atoms with E-state index in [1.54, 1.807) is 24.1 Å². The maximum absolute atomic E-state index is 11.6. The standard InChI is InChI=1S/C12H20N4O3/c1-8(2)4-10(11(17)18)15-12(19)13-5-9-6-14-16(3)7-9/h6-8,10H,4-5H2,1-3H3,(H,17,18)(H2,13,15,19)/t10-/m0/s1. The molecular formula is C12H20N4O3. The lowest BCUT2D eigenvalue weighted by atomic mass is 10.0. The topological polar surface area (TPSA) is 96.3 Å². The maximum atomic E-state index is 11.6. The summed E-state index contributed by atoms with van der Waals surface area (Å²) in [5, 5.41) is 18.0. The van der Waals surface area contributed by atoms with Gasteiger partial charge in [-0.2, -0.15) is 5.10 Å². The van der Waals surface area contributed by atoms with Crippen molar-refractivity contribution in [2.45, 2.75) is 32.9 Å². The fourth-order valence-electron chi connectivity index (χ4n) is 1.65. The van der Waals surface area contributed by atoms with Crippen molar-refractivity contribution in [1.82, 2.24) is 20.4 Å². The van der Waals surface area contributed by atoms with E-state index in [4.69, 9.17) is 5.11 Å². The molecular weight excluding hydrogens is 248 g/mol. The number of carbonyl (C=O) groups is 2. The normalized spacial score (nSPS) is 12.2. The van der Waals surface area contributed by atoms with E-state index in [2.05, 4.69) is 15.7 Å². The van der Waals surface area contributed by atoms with Crippen molar-refractivity contribution < 1.29 is 14.7 Å². The second-order valence-electron chi connectivity index (χ2n) is 4.87. The van der Waals surface area contributed by atoms with Gasteiger partial charge in [-0.05, 0) is 12.3 Å². The molecule has 0 aliphatic heterocycles. The van der Waals surface area contributed by atoms with E-state index in [0.29, 0.717) is 13.0 Å². The molecule has 3 N–H and O–H groups in total. The van der Waals surface area contributed by atoms with Crippen molar-refractivity contribution in [2.24, 2.45) is 13.0 Å². The lowest BCUT2D eigenvalue weighted by Crippen LogP contribution is -2.46. The molecule has 1 rings (SSSR count). The molecule has 1 aromatic rings. The van der Waals surface area contributed by atoms with Gasteiger partial charge in [-0.3, -0.25) is 4.68 Å². The minimum Gasteiger partial charge on any atom is -0.480 e. The number of aryl methyl sites for hydroxylation is 1. The number of urea groups is 1. The summed E-state index contributed by atoms with van der Waals surface area (Å²) in [6.45, 7) is 4.13. The molecule has 0 saturated heterocycles. The molecule has 0 saturated carbocycles. The van der Waals surface area contributed by atoms with Gasteiger partial charge >= 0.3 is 12.0 Å². The Morgan fingerprint density at radius 2 is 2.16 bits per heavy atom. The Morgan fingerprint density at radius 1 is 1.47 bits per heavy atom. The van der Waals surface area contributed by atoms with Crippen LogP contribution in [0.5, 0.6) is 0 Å². The lowest BCUT2D eigenvalue weighted by Gasteiger charge is -2.16. The third-order valence-electron chi connectivity index (χ3n) is 2.52. The number of rotatable bonds is 6. The molecule has 1 atom stereocenters. The van der Waals surface area contributed by atoms with Crippen LogP contribution in [0.2, 0.25) is 0 Å².